The Hall–Kier alpha value is -7.48. The first-order valence-electron chi connectivity index (χ1n) is 19.6. The van der Waals surface area contributed by atoms with E-state index in [1.54, 1.807) is 0 Å². The molecule has 0 bridgehead atoms. The van der Waals surface area contributed by atoms with Gasteiger partial charge in [0, 0.05) is 16.9 Å². The summed E-state index contributed by atoms with van der Waals surface area (Å²) < 4.78 is 0. The Labute approximate surface area is 334 Å². The Bertz CT molecular complexity index is 3010. The van der Waals surface area contributed by atoms with Crippen molar-refractivity contribution >= 4 is 38.6 Å². The summed E-state index contributed by atoms with van der Waals surface area (Å²) in [6, 6.07) is 85.7. The SMILES string of the molecule is c1ccc(-c2ccccc2-c2ccccc2-c2ccccc2N(c2ccc(-c3ccc4ccccc4c3)cc2)c2cccc(-c3cccc4ccccc34)c2)cc1. The van der Waals surface area contributed by atoms with Crippen molar-refractivity contribution in [3.8, 4) is 55.6 Å². The number of benzene rings is 10. The molecular formula is C56H39N. The number of hydrogen-bond donors (Lipinski definition) is 0. The molecule has 0 atom stereocenters. The van der Waals surface area contributed by atoms with Gasteiger partial charge in [0.15, 0.2) is 0 Å². The molecule has 0 aliphatic carbocycles. The van der Waals surface area contributed by atoms with Crippen LogP contribution in [0.2, 0.25) is 0 Å². The van der Waals surface area contributed by atoms with Gasteiger partial charge in [-0.05, 0) is 108 Å². The summed E-state index contributed by atoms with van der Waals surface area (Å²) >= 11 is 0. The number of nitrogens with zero attached hydrogens (tertiary/aromatic N) is 1. The largest absolute Gasteiger partial charge is 0.310 e. The first-order valence-corrected chi connectivity index (χ1v) is 19.6. The van der Waals surface area contributed by atoms with E-state index < -0.39 is 0 Å². The Kier molecular flexibility index (Phi) is 8.95. The lowest BCUT2D eigenvalue weighted by molar-refractivity contribution is 1.28. The van der Waals surface area contributed by atoms with E-state index in [4.69, 9.17) is 0 Å². The fraction of sp³-hybridized carbons (Fsp3) is 0. The van der Waals surface area contributed by atoms with Crippen LogP contribution in [0.25, 0.3) is 77.2 Å². The van der Waals surface area contributed by atoms with Crippen LogP contribution in [0.1, 0.15) is 0 Å². The van der Waals surface area contributed by atoms with Crippen molar-refractivity contribution in [3.05, 3.63) is 237 Å². The van der Waals surface area contributed by atoms with Gasteiger partial charge in [0.25, 0.3) is 0 Å². The maximum Gasteiger partial charge on any atom is 0.0540 e. The molecule has 1 nitrogen and oxygen atoms in total. The summed E-state index contributed by atoms with van der Waals surface area (Å²) in [5.74, 6) is 0. The van der Waals surface area contributed by atoms with Crippen molar-refractivity contribution in [1.29, 1.82) is 0 Å². The van der Waals surface area contributed by atoms with E-state index in [0.717, 1.165) is 22.6 Å². The van der Waals surface area contributed by atoms with Crippen LogP contribution in [0.5, 0.6) is 0 Å². The van der Waals surface area contributed by atoms with Gasteiger partial charge in [-0.3, -0.25) is 0 Å². The van der Waals surface area contributed by atoms with E-state index >= 15 is 0 Å². The number of anilines is 3. The Morgan fingerprint density at radius 3 is 1.54 bits per heavy atom. The molecule has 0 amide bonds. The molecule has 0 heterocycles. The van der Waals surface area contributed by atoms with E-state index in [-0.39, 0.29) is 0 Å². The van der Waals surface area contributed by atoms with E-state index in [0.29, 0.717) is 0 Å². The monoisotopic (exact) mass is 725 g/mol. The molecule has 0 aliphatic rings. The van der Waals surface area contributed by atoms with Crippen LogP contribution in [-0.4, -0.2) is 0 Å². The zero-order valence-corrected chi connectivity index (χ0v) is 31.5. The summed E-state index contributed by atoms with van der Waals surface area (Å²) in [5.41, 5.74) is 15.2. The molecule has 0 radical (unpaired) electrons. The average molecular weight is 726 g/mol. The van der Waals surface area contributed by atoms with Crippen LogP contribution < -0.4 is 4.90 Å². The second-order valence-electron chi connectivity index (χ2n) is 14.5. The normalized spacial score (nSPS) is 11.2. The summed E-state index contributed by atoms with van der Waals surface area (Å²) in [7, 11) is 0. The maximum absolute atomic E-state index is 2.42. The topological polar surface area (TPSA) is 3.24 Å². The second kappa shape index (κ2) is 15.0. The molecular weight excluding hydrogens is 687 g/mol. The third-order valence-corrected chi connectivity index (χ3v) is 11.1. The molecule has 10 rings (SSSR count). The maximum atomic E-state index is 2.42. The van der Waals surface area contributed by atoms with Crippen molar-refractivity contribution in [3.63, 3.8) is 0 Å². The molecule has 0 spiro atoms. The third kappa shape index (κ3) is 6.56. The van der Waals surface area contributed by atoms with Crippen molar-refractivity contribution in [2.75, 3.05) is 4.90 Å². The van der Waals surface area contributed by atoms with Gasteiger partial charge in [-0.25, -0.2) is 0 Å². The number of para-hydroxylation sites is 1. The Morgan fingerprint density at radius 1 is 0.228 bits per heavy atom. The highest BCUT2D eigenvalue weighted by atomic mass is 15.1. The summed E-state index contributed by atoms with van der Waals surface area (Å²) in [5, 5.41) is 4.97. The van der Waals surface area contributed by atoms with Crippen LogP contribution in [0.15, 0.2) is 237 Å². The minimum atomic E-state index is 1.09. The smallest absolute Gasteiger partial charge is 0.0540 e. The molecule has 268 valence electrons. The van der Waals surface area contributed by atoms with Gasteiger partial charge in [0.2, 0.25) is 0 Å². The van der Waals surface area contributed by atoms with Gasteiger partial charge in [-0.1, -0.05) is 200 Å². The van der Waals surface area contributed by atoms with Gasteiger partial charge in [0.05, 0.1) is 5.69 Å². The molecule has 0 N–H and O–H groups in total. The van der Waals surface area contributed by atoms with Crippen LogP contribution in [-0.2, 0) is 0 Å². The van der Waals surface area contributed by atoms with E-state index in [1.807, 2.05) is 0 Å². The van der Waals surface area contributed by atoms with E-state index in [1.165, 1.54) is 71.6 Å². The number of fused-ring (bicyclic) bond motifs is 2. The first-order chi connectivity index (χ1) is 28.3. The highest BCUT2D eigenvalue weighted by molar-refractivity contribution is 6.00. The standard InChI is InChI=1S/C56H39N/c1-2-17-42(18-3-1)50-25-8-9-26-52(50)53-27-10-11-28-54(53)55-29-12-13-31-56(55)57(47-36-34-41(35-37-47)45-33-32-40-16-4-5-20-44(40)38-45)48-23-14-22-46(39-48)51-30-15-21-43-19-6-7-24-49(43)51/h1-39H. The van der Waals surface area contributed by atoms with Gasteiger partial charge >= 0.3 is 0 Å². The highest BCUT2D eigenvalue weighted by Gasteiger charge is 2.21. The molecule has 10 aromatic rings. The van der Waals surface area contributed by atoms with Crippen molar-refractivity contribution in [2.24, 2.45) is 0 Å². The second-order valence-corrected chi connectivity index (χ2v) is 14.5. The van der Waals surface area contributed by atoms with Crippen LogP contribution >= 0.6 is 0 Å². The molecule has 10 aromatic carbocycles. The molecule has 0 aliphatic heterocycles. The average Bonchev–Trinajstić information content (AvgIpc) is 3.29. The molecule has 57 heavy (non-hydrogen) atoms. The number of hydrogen-bond acceptors (Lipinski definition) is 1. The highest BCUT2D eigenvalue weighted by Crippen LogP contribution is 2.46. The van der Waals surface area contributed by atoms with E-state index in [9.17, 15) is 0 Å². The van der Waals surface area contributed by atoms with Gasteiger partial charge in [-0.2, -0.15) is 0 Å². The summed E-state index contributed by atoms with van der Waals surface area (Å²) in [6.07, 6.45) is 0. The first kappa shape index (κ1) is 34.0. The molecule has 1 heteroatoms. The summed E-state index contributed by atoms with van der Waals surface area (Å²) in [6.45, 7) is 0. The van der Waals surface area contributed by atoms with E-state index in [2.05, 4.69) is 241 Å². The molecule has 0 unspecified atom stereocenters. The van der Waals surface area contributed by atoms with Crippen molar-refractivity contribution < 1.29 is 0 Å². The molecule has 0 aromatic heterocycles. The van der Waals surface area contributed by atoms with Crippen LogP contribution in [0.4, 0.5) is 17.1 Å². The lowest BCUT2D eigenvalue weighted by Crippen LogP contribution is -2.11. The van der Waals surface area contributed by atoms with Gasteiger partial charge in [0.1, 0.15) is 0 Å². The van der Waals surface area contributed by atoms with Crippen LogP contribution in [0.3, 0.4) is 0 Å². The molecule has 0 fully saturated rings. The fourth-order valence-electron chi connectivity index (χ4n) is 8.33. The van der Waals surface area contributed by atoms with Crippen LogP contribution in [0, 0.1) is 0 Å². The molecule has 0 saturated carbocycles. The van der Waals surface area contributed by atoms with Crippen molar-refractivity contribution in [2.45, 2.75) is 0 Å². The zero-order valence-electron chi connectivity index (χ0n) is 31.5. The zero-order chi connectivity index (χ0) is 38.0. The Balaban J connectivity index is 1.15. The Morgan fingerprint density at radius 2 is 0.754 bits per heavy atom. The third-order valence-electron chi connectivity index (χ3n) is 11.1. The fourth-order valence-corrected chi connectivity index (χ4v) is 8.33. The summed E-state index contributed by atoms with van der Waals surface area (Å²) in [4.78, 5) is 2.42. The minimum Gasteiger partial charge on any atom is -0.310 e. The van der Waals surface area contributed by atoms with Gasteiger partial charge < -0.3 is 4.90 Å². The minimum absolute atomic E-state index is 1.09. The molecule has 0 saturated heterocycles. The lowest BCUT2D eigenvalue weighted by atomic mass is 9.88. The predicted molar refractivity (Wildman–Crippen MR) is 243 cm³/mol. The van der Waals surface area contributed by atoms with Crippen molar-refractivity contribution in [1.82, 2.24) is 0 Å². The quantitative estimate of drug-likeness (QED) is 0.151. The number of rotatable bonds is 8. The van der Waals surface area contributed by atoms with Gasteiger partial charge in [-0.15, -0.1) is 0 Å². The lowest BCUT2D eigenvalue weighted by Gasteiger charge is -2.29. The predicted octanol–water partition coefficient (Wildman–Crippen LogP) is 15.8.